The summed E-state index contributed by atoms with van der Waals surface area (Å²) in [6.07, 6.45) is 5.69. The molecule has 0 unspecified atom stereocenters. The van der Waals surface area contributed by atoms with Crippen molar-refractivity contribution in [2.24, 2.45) is 21.7 Å². The van der Waals surface area contributed by atoms with E-state index in [2.05, 4.69) is 23.8 Å². The third-order valence-electron chi connectivity index (χ3n) is 4.63. The van der Waals surface area contributed by atoms with Crippen molar-refractivity contribution < 1.29 is 72.6 Å². The Labute approximate surface area is 297 Å². The SMILES string of the molecule is CC(C)(C)C(=O)[O-].CC(C)(C)C(=O)[O-].CC(C)(C)C(=O)[O-].CC(C)(C)C(=O)[O-].CCc1ccccn1.CCc1ccccn1.[Ni+2].[Ni+2]. The number of hydrogen-bond donors (Lipinski definition) is 0. The minimum atomic E-state index is -1.01. The van der Waals surface area contributed by atoms with E-state index in [-0.39, 0.29) is 33.0 Å². The second-order valence-corrected chi connectivity index (χ2v) is 13.5. The van der Waals surface area contributed by atoms with Gasteiger partial charge in [-0.15, -0.1) is 0 Å². The summed E-state index contributed by atoms with van der Waals surface area (Å²) in [4.78, 5) is 47.8. The number of carbonyl (C=O) groups excluding carboxylic acids is 4. The minimum Gasteiger partial charge on any atom is -0.550 e. The van der Waals surface area contributed by atoms with Crippen LogP contribution in [-0.4, -0.2) is 33.8 Å². The Morgan fingerprint density at radius 2 is 0.652 bits per heavy atom. The Morgan fingerprint density at radius 3 is 0.717 bits per heavy atom. The van der Waals surface area contributed by atoms with Gasteiger partial charge in [0.05, 0.1) is 0 Å². The Hall–Kier alpha value is -2.83. The fourth-order valence-electron chi connectivity index (χ4n) is 1.21. The average molecular weight is 736 g/mol. The molecular weight excluding hydrogens is 682 g/mol. The van der Waals surface area contributed by atoms with Crippen LogP contribution in [0.15, 0.2) is 48.8 Å². The predicted octanol–water partition coefficient (Wildman–Crippen LogP) is 2.41. The molecule has 0 aliphatic carbocycles. The Morgan fingerprint density at radius 1 is 0.478 bits per heavy atom. The van der Waals surface area contributed by atoms with Crippen molar-refractivity contribution in [3.05, 3.63) is 60.2 Å². The van der Waals surface area contributed by atoms with E-state index in [1.807, 2.05) is 48.8 Å². The summed E-state index contributed by atoms with van der Waals surface area (Å²) in [6.45, 7) is 23.4. The number of carboxylic acids is 4. The molecule has 10 nitrogen and oxygen atoms in total. The van der Waals surface area contributed by atoms with Gasteiger partial charge in [-0.3, -0.25) is 9.97 Å². The molecule has 2 rings (SSSR count). The summed E-state index contributed by atoms with van der Waals surface area (Å²) >= 11 is 0. The summed E-state index contributed by atoms with van der Waals surface area (Å²) < 4.78 is 0. The van der Waals surface area contributed by atoms with Crippen LogP contribution in [0.4, 0.5) is 0 Å². The molecule has 2 aromatic rings. The van der Waals surface area contributed by atoms with Crippen LogP contribution < -0.4 is 20.4 Å². The van der Waals surface area contributed by atoms with E-state index in [1.54, 1.807) is 83.1 Å². The van der Waals surface area contributed by atoms with Gasteiger partial charge in [-0.1, -0.05) is 109 Å². The molecule has 0 fully saturated rings. The number of hydrogen-bond acceptors (Lipinski definition) is 10. The third kappa shape index (κ3) is 39.2. The smallest absolute Gasteiger partial charge is 0.550 e. The molecule has 0 atom stereocenters. The number of rotatable bonds is 2. The van der Waals surface area contributed by atoms with Gasteiger partial charge in [-0.25, -0.2) is 0 Å². The minimum absolute atomic E-state index is 0. The molecule has 0 aliphatic heterocycles. The summed E-state index contributed by atoms with van der Waals surface area (Å²) in [5, 5.41) is 39.6. The summed E-state index contributed by atoms with van der Waals surface area (Å²) in [6, 6.07) is 11.9. The molecule has 268 valence electrons. The normalized spacial score (nSPS) is 10.0. The molecule has 0 spiro atoms. The molecule has 12 heteroatoms. The van der Waals surface area contributed by atoms with Crippen LogP contribution in [0.1, 0.15) is 108 Å². The number of aromatic nitrogens is 2. The zero-order valence-corrected chi connectivity index (χ0v) is 31.8. The second-order valence-electron chi connectivity index (χ2n) is 13.5. The summed E-state index contributed by atoms with van der Waals surface area (Å²) in [7, 11) is 0. The molecule has 0 amide bonds. The quantitative estimate of drug-likeness (QED) is 0.415. The number of carbonyl (C=O) groups is 4. The number of aliphatic carboxylic acids is 4. The Kier molecular flexibility index (Phi) is 33.0. The molecule has 2 heterocycles. The molecule has 46 heavy (non-hydrogen) atoms. The second kappa shape index (κ2) is 27.3. The van der Waals surface area contributed by atoms with Gasteiger partial charge in [0.2, 0.25) is 0 Å². The van der Waals surface area contributed by atoms with Gasteiger partial charge < -0.3 is 39.6 Å². The van der Waals surface area contributed by atoms with E-state index in [9.17, 15) is 39.6 Å². The van der Waals surface area contributed by atoms with E-state index in [4.69, 9.17) is 0 Å². The maximum absolute atomic E-state index is 9.91. The first-order valence-electron chi connectivity index (χ1n) is 14.3. The average Bonchev–Trinajstić information content (AvgIpc) is 2.89. The maximum Gasteiger partial charge on any atom is 2.00 e. The van der Waals surface area contributed by atoms with Gasteiger partial charge in [0, 0.05) is 69.3 Å². The van der Waals surface area contributed by atoms with E-state index in [0.717, 1.165) is 24.2 Å². The van der Waals surface area contributed by atoms with Crippen molar-refractivity contribution in [3.63, 3.8) is 0 Å². The number of pyridine rings is 2. The molecular formula is C34H54N2Ni2O8. The van der Waals surface area contributed by atoms with Crippen LogP contribution in [0.3, 0.4) is 0 Å². The summed E-state index contributed by atoms with van der Waals surface area (Å²) in [5.74, 6) is -4.03. The Bertz CT molecular complexity index is 935. The van der Waals surface area contributed by atoms with Gasteiger partial charge in [-0.05, 0) is 37.1 Å². The van der Waals surface area contributed by atoms with Gasteiger partial charge in [0.15, 0.2) is 0 Å². The molecule has 0 aromatic carbocycles. The first kappa shape index (κ1) is 55.6. The fourth-order valence-corrected chi connectivity index (χ4v) is 1.21. The van der Waals surface area contributed by atoms with E-state index in [1.165, 1.54) is 0 Å². The zero-order chi connectivity index (χ0) is 35.9. The van der Waals surface area contributed by atoms with Crippen LogP contribution in [0.5, 0.6) is 0 Å². The van der Waals surface area contributed by atoms with Gasteiger partial charge in [0.25, 0.3) is 0 Å². The fraction of sp³-hybridized carbons (Fsp3) is 0.588. The largest absolute Gasteiger partial charge is 2.00 e. The van der Waals surface area contributed by atoms with Crippen LogP contribution in [-0.2, 0) is 65.0 Å². The van der Waals surface area contributed by atoms with Crippen molar-refractivity contribution in [1.82, 2.24) is 9.97 Å². The topological polar surface area (TPSA) is 186 Å². The Balaban J connectivity index is -0.000000104. The number of aryl methyl sites for hydroxylation is 2. The van der Waals surface area contributed by atoms with E-state index < -0.39 is 45.5 Å². The number of carboxylic acid groups (broad SMARTS) is 4. The monoisotopic (exact) mass is 734 g/mol. The molecule has 0 saturated heterocycles. The third-order valence-corrected chi connectivity index (χ3v) is 4.63. The molecule has 0 radical (unpaired) electrons. The standard InChI is InChI=1S/2C7H9N.4C5H10O2.2Ni/c2*1-2-7-5-3-4-6-8-7;4*1-5(2,3)4(6)7;;/h2*3-6H,2H2,1H3;4*1-3H3,(H,6,7);;/q;;;;;;2*+2/p-4. The van der Waals surface area contributed by atoms with E-state index in [0.29, 0.717) is 0 Å². The summed E-state index contributed by atoms with van der Waals surface area (Å²) in [5.41, 5.74) is -0.458. The first-order chi connectivity index (χ1) is 19.6. The molecule has 0 aliphatic rings. The van der Waals surface area contributed by atoms with Crippen molar-refractivity contribution in [1.29, 1.82) is 0 Å². The molecule has 2 aromatic heterocycles. The van der Waals surface area contributed by atoms with Crippen LogP contribution in [0.25, 0.3) is 0 Å². The molecule has 0 saturated carbocycles. The zero-order valence-electron chi connectivity index (χ0n) is 29.8. The van der Waals surface area contributed by atoms with Crippen molar-refractivity contribution in [2.75, 3.05) is 0 Å². The van der Waals surface area contributed by atoms with Crippen LogP contribution in [0.2, 0.25) is 0 Å². The van der Waals surface area contributed by atoms with Crippen LogP contribution >= 0.6 is 0 Å². The van der Waals surface area contributed by atoms with Crippen molar-refractivity contribution in [3.8, 4) is 0 Å². The van der Waals surface area contributed by atoms with Crippen LogP contribution in [0, 0.1) is 21.7 Å². The van der Waals surface area contributed by atoms with Gasteiger partial charge in [0.1, 0.15) is 0 Å². The predicted molar refractivity (Wildman–Crippen MR) is 165 cm³/mol. The van der Waals surface area contributed by atoms with Crippen molar-refractivity contribution >= 4 is 23.9 Å². The van der Waals surface area contributed by atoms with Gasteiger partial charge in [-0.2, -0.15) is 0 Å². The first-order valence-corrected chi connectivity index (χ1v) is 14.3. The number of nitrogens with zero attached hydrogens (tertiary/aromatic N) is 2. The van der Waals surface area contributed by atoms with Gasteiger partial charge >= 0.3 is 33.0 Å². The maximum atomic E-state index is 9.91. The molecule has 0 bridgehead atoms. The van der Waals surface area contributed by atoms with Crippen molar-refractivity contribution in [2.45, 2.75) is 110 Å². The molecule has 0 N–H and O–H groups in total. The van der Waals surface area contributed by atoms with E-state index >= 15 is 0 Å².